The van der Waals surface area contributed by atoms with Gasteiger partial charge in [-0.1, -0.05) is 5.16 Å². The van der Waals surface area contributed by atoms with Crippen LogP contribution < -0.4 is 5.32 Å². The Morgan fingerprint density at radius 3 is 2.76 bits per heavy atom. The summed E-state index contributed by atoms with van der Waals surface area (Å²) in [5.74, 6) is 1.80. The van der Waals surface area contributed by atoms with Crippen LogP contribution in [-0.4, -0.2) is 28.8 Å². The number of hydrogen-bond donors (Lipinski definition) is 2. The molecule has 1 heterocycles. The highest BCUT2D eigenvalue weighted by atomic mass is 16.5. The summed E-state index contributed by atoms with van der Waals surface area (Å²) in [6.45, 7) is 5.77. The number of aliphatic hydroxyl groups is 1. The van der Waals surface area contributed by atoms with E-state index < -0.39 is 0 Å². The van der Waals surface area contributed by atoms with Crippen molar-refractivity contribution in [1.29, 1.82) is 0 Å². The van der Waals surface area contributed by atoms with E-state index >= 15 is 0 Å². The van der Waals surface area contributed by atoms with Crippen LogP contribution in [0.3, 0.4) is 0 Å². The average Bonchev–Trinajstić information content (AvgIpc) is 3.13. The number of amides is 1. The van der Waals surface area contributed by atoms with Gasteiger partial charge in [-0.05, 0) is 51.9 Å². The minimum Gasteiger partial charge on any atom is -0.396 e. The standard InChI is InChI=1S/C16H24N2O3/c1-8(14-9(2)18-21-10(14)3)16(20)17-15-12-5-4-11(6-12)13(15)7-19/h8,11-13,15,19H,4-7H2,1-3H3,(H,17,20). The van der Waals surface area contributed by atoms with Gasteiger partial charge in [-0.15, -0.1) is 0 Å². The molecule has 2 fully saturated rings. The molecule has 116 valence electrons. The van der Waals surface area contributed by atoms with Crippen LogP contribution >= 0.6 is 0 Å². The molecule has 0 spiro atoms. The maximum absolute atomic E-state index is 12.6. The van der Waals surface area contributed by atoms with Crippen LogP contribution in [0.25, 0.3) is 0 Å². The summed E-state index contributed by atoms with van der Waals surface area (Å²) in [7, 11) is 0. The topological polar surface area (TPSA) is 75.4 Å². The zero-order chi connectivity index (χ0) is 15.1. The van der Waals surface area contributed by atoms with Crippen molar-refractivity contribution in [2.45, 2.75) is 52.0 Å². The van der Waals surface area contributed by atoms with E-state index in [1.165, 1.54) is 12.8 Å². The Balaban J connectivity index is 1.72. The molecule has 5 heteroatoms. The molecule has 2 saturated carbocycles. The van der Waals surface area contributed by atoms with Crippen LogP contribution in [0.1, 0.15) is 49.1 Å². The summed E-state index contributed by atoms with van der Waals surface area (Å²) in [6.07, 6.45) is 3.52. The van der Waals surface area contributed by atoms with E-state index in [1.54, 1.807) is 0 Å². The number of fused-ring (bicyclic) bond motifs is 2. The second kappa shape index (κ2) is 5.44. The second-order valence-electron chi connectivity index (χ2n) is 6.67. The van der Waals surface area contributed by atoms with Gasteiger partial charge in [-0.25, -0.2) is 0 Å². The van der Waals surface area contributed by atoms with Gasteiger partial charge in [-0.3, -0.25) is 4.79 Å². The molecule has 1 aromatic heterocycles. The molecule has 5 unspecified atom stereocenters. The zero-order valence-corrected chi connectivity index (χ0v) is 12.9. The van der Waals surface area contributed by atoms with E-state index in [0.29, 0.717) is 17.6 Å². The fraction of sp³-hybridized carbons (Fsp3) is 0.750. The minimum absolute atomic E-state index is 0.0143. The van der Waals surface area contributed by atoms with Crippen molar-refractivity contribution < 1.29 is 14.4 Å². The molecule has 0 aromatic carbocycles. The van der Waals surface area contributed by atoms with E-state index in [1.807, 2.05) is 20.8 Å². The largest absolute Gasteiger partial charge is 0.396 e. The van der Waals surface area contributed by atoms with E-state index in [0.717, 1.165) is 17.7 Å². The first kappa shape index (κ1) is 14.6. The first-order valence-corrected chi connectivity index (χ1v) is 7.87. The van der Waals surface area contributed by atoms with Crippen molar-refractivity contribution in [3.63, 3.8) is 0 Å². The van der Waals surface area contributed by atoms with Crippen LogP contribution in [0.15, 0.2) is 4.52 Å². The molecule has 2 aliphatic carbocycles. The first-order chi connectivity index (χ1) is 10.0. The summed E-state index contributed by atoms with van der Waals surface area (Å²) < 4.78 is 5.16. The van der Waals surface area contributed by atoms with E-state index in [4.69, 9.17) is 4.52 Å². The summed E-state index contributed by atoms with van der Waals surface area (Å²) >= 11 is 0. The normalized spacial score (nSPS) is 32.4. The van der Waals surface area contributed by atoms with Crippen molar-refractivity contribution >= 4 is 5.91 Å². The minimum atomic E-state index is -0.269. The molecule has 1 amide bonds. The lowest BCUT2D eigenvalue weighted by Crippen LogP contribution is -2.46. The number of nitrogens with one attached hydrogen (secondary N) is 1. The SMILES string of the molecule is Cc1noc(C)c1C(C)C(=O)NC1C2CCC(C2)C1CO. The highest BCUT2D eigenvalue weighted by molar-refractivity contribution is 5.84. The van der Waals surface area contributed by atoms with Gasteiger partial charge in [0.1, 0.15) is 5.76 Å². The van der Waals surface area contributed by atoms with Crippen LogP contribution in [0.5, 0.6) is 0 Å². The third-order valence-corrected chi connectivity index (χ3v) is 5.52. The third-order valence-electron chi connectivity index (χ3n) is 5.52. The van der Waals surface area contributed by atoms with Gasteiger partial charge in [0.2, 0.25) is 5.91 Å². The Hall–Kier alpha value is -1.36. The van der Waals surface area contributed by atoms with Crippen LogP contribution in [0, 0.1) is 31.6 Å². The number of aryl methyl sites for hydroxylation is 2. The van der Waals surface area contributed by atoms with Crippen LogP contribution in [0.2, 0.25) is 0 Å². The Bertz CT molecular complexity index is 520. The summed E-state index contributed by atoms with van der Waals surface area (Å²) in [5, 5.41) is 16.7. The van der Waals surface area contributed by atoms with Crippen LogP contribution in [-0.2, 0) is 4.79 Å². The Kier molecular flexibility index (Phi) is 3.78. The third kappa shape index (κ3) is 2.37. The van der Waals surface area contributed by atoms with Gasteiger partial charge in [-0.2, -0.15) is 0 Å². The average molecular weight is 292 g/mol. The Morgan fingerprint density at radius 2 is 2.14 bits per heavy atom. The Morgan fingerprint density at radius 1 is 1.43 bits per heavy atom. The van der Waals surface area contributed by atoms with E-state index in [-0.39, 0.29) is 30.4 Å². The molecule has 1 aromatic rings. The number of aromatic nitrogens is 1. The van der Waals surface area contributed by atoms with Gasteiger partial charge in [0.25, 0.3) is 0 Å². The lowest BCUT2D eigenvalue weighted by Gasteiger charge is -2.31. The van der Waals surface area contributed by atoms with Gasteiger partial charge < -0.3 is 14.9 Å². The quantitative estimate of drug-likeness (QED) is 0.889. The smallest absolute Gasteiger partial charge is 0.227 e. The lowest BCUT2D eigenvalue weighted by molar-refractivity contribution is -0.123. The van der Waals surface area contributed by atoms with Crippen molar-refractivity contribution in [3.8, 4) is 0 Å². The maximum atomic E-state index is 12.6. The number of hydrogen-bond acceptors (Lipinski definition) is 4. The Labute approximate surface area is 125 Å². The predicted octanol–water partition coefficient (Wildman–Crippen LogP) is 1.92. The number of nitrogens with zero attached hydrogens (tertiary/aromatic N) is 1. The monoisotopic (exact) mass is 292 g/mol. The number of carbonyl (C=O) groups excluding carboxylic acids is 1. The highest BCUT2D eigenvalue weighted by Crippen LogP contribution is 2.48. The number of aliphatic hydroxyl groups excluding tert-OH is 1. The fourth-order valence-corrected chi connectivity index (χ4v) is 4.43. The van der Waals surface area contributed by atoms with Crippen molar-refractivity contribution in [2.75, 3.05) is 6.61 Å². The molecule has 5 atom stereocenters. The zero-order valence-electron chi connectivity index (χ0n) is 12.9. The molecule has 2 bridgehead atoms. The van der Waals surface area contributed by atoms with Gasteiger partial charge in [0.05, 0.1) is 11.6 Å². The number of rotatable bonds is 4. The van der Waals surface area contributed by atoms with Gasteiger partial charge >= 0.3 is 0 Å². The van der Waals surface area contributed by atoms with Crippen molar-refractivity contribution in [3.05, 3.63) is 17.0 Å². The molecule has 0 saturated heterocycles. The molecule has 2 aliphatic rings. The molecule has 21 heavy (non-hydrogen) atoms. The maximum Gasteiger partial charge on any atom is 0.227 e. The van der Waals surface area contributed by atoms with E-state index in [2.05, 4.69) is 10.5 Å². The molecule has 3 rings (SSSR count). The second-order valence-corrected chi connectivity index (χ2v) is 6.67. The van der Waals surface area contributed by atoms with E-state index in [9.17, 15) is 9.90 Å². The molecule has 0 radical (unpaired) electrons. The molecular formula is C16H24N2O3. The number of carbonyl (C=O) groups is 1. The predicted molar refractivity (Wildman–Crippen MR) is 77.7 cm³/mol. The molecular weight excluding hydrogens is 268 g/mol. The first-order valence-electron chi connectivity index (χ1n) is 7.87. The molecule has 0 aliphatic heterocycles. The lowest BCUT2D eigenvalue weighted by atomic mass is 9.84. The van der Waals surface area contributed by atoms with Crippen molar-refractivity contribution in [1.82, 2.24) is 10.5 Å². The fourth-order valence-electron chi connectivity index (χ4n) is 4.43. The summed E-state index contributed by atoms with van der Waals surface area (Å²) in [6, 6.07) is 0.129. The highest BCUT2D eigenvalue weighted by Gasteiger charge is 2.48. The van der Waals surface area contributed by atoms with Gasteiger partial charge in [0.15, 0.2) is 0 Å². The van der Waals surface area contributed by atoms with Crippen LogP contribution in [0.4, 0.5) is 0 Å². The molecule has 5 nitrogen and oxygen atoms in total. The summed E-state index contributed by atoms with van der Waals surface area (Å²) in [5.41, 5.74) is 1.66. The van der Waals surface area contributed by atoms with Crippen molar-refractivity contribution in [2.24, 2.45) is 17.8 Å². The van der Waals surface area contributed by atoms with Gasteiger partial charge in [0, 0.05) is 24.1 Å². The summed E-state index contributed by atoms with van der Waals surface area (Å²) in [4.78, 5) is 12.6. The molecule has 2 N–H and O–H groups in total.